The Kier molecular flexibility index (Phi) is 4.23. The Balaban J connectivity index is 1.91. The van der Waals surface area contributed by atoms with Gasteiger partial charge in [0.15, 0.2) is 17.5 Å². The highest BCUT2D eigenvalue weighted by molar-refractivity contribution is 7.90. The van der Waals surface area contributed by atoms with Crippen molar-refractivity contribution >= 4 is 27.5 Å². The summed E-state index contributed by atoms with van der Waals surface area (Å²) in [4.78, 5) is 24.4. The van der Waals surface area contributed by atoms with E-state index >= 15 is 0 Å². The lowest BCUT2D eigenvalue weighted by Gasteiger charge is -2.22. The third-order valence-corrected chi connectivity index (χ3v) is 5.79. The first-order valence-electron chi connectivity index (χ1n) is 7.28. The zero-order valence-corrected chi connectivity index (χ0v) is 14.0. The molecular formula is C16H11F3N2O4S. The van der Waals surface area contributed by atoms with Crippen molar-refractivity contribution in [3.8, 4) is 0 Å². The molecule has 3 rings (SSSR count). The van der Waals surface area contributed by atoms with Crippen molar-refractivity contribution in [2.75, 3.05) is 5.32 Å². The van der Waals surface area contributed by atoms with E-state index in [1.54, 1.807) is 0 Å². The minimum absolute atomic E-state index is 0.0915. The molecule has 136 valence electrons. The molecule has 2 aromatic rings. The van der Waals surface area contributed by atoms with Crippen LogP contribution in [0.5, 0.6) is 0 Å². The summed E-state index contributed by atoms with van der Waals surface area (Å²) in [6, 6.07) is 5.26. The third kappa shape index (κ3) is 2.62. The van der Waals surface area contributed by atoms with Crippen molar-refractivity contribution < 1.29 is 31.2 Å². The number of sulfonamides is 1. The number of carbonyl (C=O) groups is 2. The molecule has 0 aromatic heterocycles. The van der Waals surface area contributed by atoms with Gasteiger partial charge in [-0.05, 0) is 31.2 Å². The lowest BCUT2D eigenvalue weighted by molar-refractivity contribution is -0.118. The first-order valence-corrected chi connectivity index (χ1v) is 8.72. The maximum absolute atomic E-state index is 13.7. The fourth-order valence-corrected chi connectivity index (χ4v) is 4.28. The second kappa shape index (κ2) is 6.13. The van der Waals surface area contributed by atoms with E-state index in [1.807, 2.05) is 5.32 Å². The molecule has 6 nitrogen and oxygen atoms in total. The molecule has 0 aliphatic carbocycles. The van der Waals surface area contributed by atoms with Crippen molar-refractivity contribution in [2.45, 2.75) is 17.9 Å². The number of nitrogens with one attached hydrogen (secondary N) is 1. The Morgan fingerprint density at radius 3 is 2.38 bits per heavy atom. The second-order valence-corrected chi connectivity index (χ2v) is 7.27. The van der Waals surface area contributed by atoms with Gasteiger partial charge in [-0.3, -0.25) is 9.59 Å². The highest BCUT2D eigenvalue weighted by atomic mass is 32.2. The van der Waals surface area contributed by atoms with Gasteiger partial charge in [0, 0.05) is 0 Å². The van der Waals surface area contributed by atoms with Crippen molar-refractivity contribution in [3.05, 3.63) is 59.4 Å². The molecule has 0 spiro atoms. The molecule has 0 radical (unpaired) electrons. The van der Waals surface area contributed by atoms with E-state index in [1.165, 1.54) is 24.3 Å². The average Bonchev–Trinajstić information content (AvgIpc) is 2.81. The first kappa shape index (κ1) is 17.9. The number of amides is 2. The van der Waals surface area contributed by atoms with Gasteiger partial charge in [0.05, 0.1) is 11.3 Å². The molecule has 0 unspecified atom stereocenters. The van der Waals surface area contributed by atoms with Crippen LogP contribution in [0, 0.1) is 17.5 Å². The average molecular weight is 384 g/mol. The van der Waals surface area contributed by atoms with Crippen LogP contribution in [0.3, 0.4) is 0 Å². The molecule has 1 aliphatic heterocycles. The predicted molar refractivity (Wildman–Crippen MR) is 84.2 cm³/mol. The van der Waals surface area contributed by atoms with Crippen LogP contribution < -0.4 is 5.32 Å². The highest BCUT2D eigenvalue weighted by Crippen LogP contribution is 2.32. The maximum Gasteiger partial charge on any atom is 0.269 e. The summed E-state index contributed by atoms with van der Waals surface area (Å²) in [5.74, 6) is -6.85. The molecule has 2 amide bonds. The van der Waals surface area contributed by atoms with Gasteiger partial charge in [-0.15, -0.1) is 0 Å². The fourth-order valence-electron chi connectivity index (χ4n) is 2.55. The quantitative estimate of drug-likeness (QED) is 0.823. The van der Waals surface area contributed by atoms with Crippen molar-refractivity contribution in [3.63, 3.8) is 0 Å². The van der Waals surface area contributed by atoms with E-state index in [0.717, 1.165) is 13.0 Å². The normalized spacial score (nSPS) is 16.3. The number of hydrogen-bond acceptors (Lipinski definition) is 4. The van der Waals surface area contributed by atoms with Gasteiger partial charge >= 0.3 is 0 Å². The third-order valence-electron chi connectivity index (χ3n) is 3.88. The summed E-state index contributed by atoms with van der Waals surface area (Å²) < 4.78 is 65.2. The lowest BCUT2D eigenvalue weighted by Crippen LogP contribution is -2.45. The number of benzene rings is 2. The number of hydrogen-bond donors (Lipinski definition) is 1. The number of halogens is 3. The molecule has 1 N–H and O–H groups in total. The van der Waals surface area contributed by atoms with Gasteiger partial charge in [-0.1, -0.05) is 12.1 Å². The fraction of sp³-hybridized carbons (Fsp3) is 0.125. The molecule has 0 bridgehead atoms. The smallest absolute Gasteiger partial charge is 0.269 e. The van der Waals surface area contributed by atoms with Crippen LogP contribution in [-0.2, 0) is 14.8 Å². The lowest BCUT2D eigenvalue weighted by atomic mass is 10.2. The summed E-state index contributed by atoms with van der Waals surface area (Å²) in [6.07, 6.45) is 0. The van der Waals surface area contributed by atoms with Crippen molar-refractivity contribution in [2.24, 2.45) is 0 Å². The molecular weight excluding hydrogens is 373 g/mol. The standard InChI is InChI=1S/C16H11F3N2O4S/c1-8(15(22)20-11-7-6-10(17)13(18)14(11)19)21-16(23)9-4-2-3-5-12(9)26(21,24)25/h2-8H,1H3,(H,20,22)/t8-/m0/s1. The molecule has 0 saturated heterocycles. The van der Waals surface area contributed by atoms with E-state index in [2.05, 4.69) is 0 Å². The summed E-state index contributed by atoms with van der Waals surface area (Å²) in [5, 5.41) is 1.96. The predicted octanol–water partition coefficient (Wildman–Crippen LogP) is 2.28. The molecule has 0 fully saturated rings. The van der Waals surface area contributed by atoms with Gasteiger partial charge in [0.1, 0.15) is 10.9 Å². The highest BCUT2D eigenvalue weighted by Gasteiger charge is 2.45. The van der Waals surface area contributed by atoms with E-state index in [-0.39, 0.29) is 10.5 Å². The topological polar surface area (TPSA) is 83.6 Å². The van der Waals surface area contributed by atoms with Crippen LogP contribution >= 0.6 is 0 Å². The Labute approximate surface area is 146 Å². The van der Waals surface area contributed by atoms with Crippen LogP contribution in [0.2, 0.25) is 0 Å². The monoisotopic (exact) mass is 384 g/mol. The minimum atomic E-state index is -4.26. The summed E-state index contributed by atoms with van der Waals surface area (Å²) >= 11 is 0. The number of anilines is 1. The molecule has 26 heavy (non-hydrogen) atoms. The molecule has 2 aromatic carbocycles. The zero-order valence-electron chi connectivity index (χ0n) is 13.2. The molecule has 0 saturated carbocycles. The Morgan fingerprint density at radius 2 is 1.73 bits per heavy atom. The number of nitrogens with zero attached hydrogens (tertiary/aromatic N) is 1. The van der Waals surface area contributed by atoms with E-state index in [0.29, 0.717) is 10.4 Å². The second-order valence-electron chi connectivity index (χ2n) is 5.49. The van der Waals surface area contributed by atoms with Crippen LogP contribution in [-0.4, -0.2) is 30.6 Å². The summed E-state index contributed by atoms with van der Waals surface area (Å²) in [7, 11) is -4.26. The van der Waals surface area contributed by atoms with Gasteiger partial charge in [-0.2, -0.15) is 0 Å². The van der Waals surface area contributed by atoms with E-state index in [9.17, 15) is 31.2 Å². The minimum Gasteiger partial charge on any atom is -0.322 e. The van der Waals surface area contributed by atoms with Crippen molar-refractivity contribution in [1.82, 2.24) is 4.31 Å². The number of rotatable bonds is 3. The van der Waals surface area contributed by atoms with E-state index in [4.69, 9.17) is 0 Å². The van der Waals surface area contributed by atoms with Gasteiger partial charge < -0.3 is 5.32 Å². The van der Waals surface area contributed by atoms with Crippen LogP contribution in [0.25, 0.3) is 0 Å². The Bertz CT molecular complexity index is 1040. The number of fused-ring (bicyclic) bond motifs is 1. The van der Waals surface area contributed by atoms with Gasteiger partial charge in [0.25, 0.3) is 15.9 Å². The zero-order chi connectivity index (χ0) is 19.2. The molecule has 1 heterocycles. The van der Waals surface area contributed by atoms with Crippen LogP contribution in [0.1, 0.15) is 17.3 Å². The molecule has 1 atom stereocenters. The van der Waals surface area contributed by atoms with Crippen LogP contribution in [0.4, 0.5) is 18.9 Å². The molecule has 1 aliphatic rings. The Morgan fingerprint density at radius 1 is 1.08 bits per heavy atom. The summed E-state index contributed by atoms with van der Waals surface area (Å²) in [6.45, 7) is 1.12. The van der Waals surface area contributed by atoms with Crippen molar-refractivity contribution in [1.29, 1.82) is 0 Å². The van der Waals surface area contributed by atoms with Gasteiger partial charge in [-0.25, -0.2) is 25.9 Å². The summed E-state index contributed by atoms with van der Waals surface area (Å²) in [5.41, 5.74) is -0.770. The van der Waals surface area contributed by atoms with Gasteiger partial charge in [0.2, 0.25) is 5.91 Å². The SMILES string of the molecule is C[C@@H](C(=O)Nc1ccc(F)c(F)c1F)N1C(=O)c2ccccc2S1(=O)=O. The maximum atomic E-state index is 13.7. The Hall–Kier alpha value is -2.88. The largest absolute Gasteiger partial charge is 0.322 e. The number of carbonyl (C=O) groups excluding carboxylic acids is 2. The molecule has 10 heteroatoms. The first-order chi connectivity index (χ1) is 12.2. The van der Waals surface area contributed by atoms with E-state index < -0.39 is 51.0 Å². The van der Waals surface area contributed by atoms with Crippen LogP contribution in [0.15, 0.2) is 41.3 Å².